The molecule has 361 valence electrons. The molecule has 0 nitrogen and oxygen atoms in total. The largest absolute Gasteiger partial charge is 0.0776 e. The predicted molar refractivity (Wildman–Crippen MR) is 13.5 cm³/mol. The SMILES string of the molecule is C.C.[V].[V].[V].[V].[V].[V].[V].[V].[V].[V].[V].[V].[V].[V].[V].[V].[V].[V].[V].[V].[V].[V].[V].[V].[V].[V].[V].[V].[V].[V].[V].[V].[V].[V].[V].[V].[V].[V].[V].[V].[V].[V].[V].[V].[V].[V].[V].[V].[V].[V].[V].[V].[V].[V].[V].[V].[V].[V].[V].[V].[V].[V].[V].[V].[V].[V].[V].[V].[V]. The molecule has 69 heteroatoms. The third-order valence-electron chi connectivity index (χ3n) is 0. The Bertz CT molecular complexity index is 13.1. The normalized spacial score (nSPS) is 0. The molecule has 71 heavy (non-hydrogen) atoms. The van der Waals surface area contributed by atoms with Crippen LogP contribution in [-0.2, 0) is 1280 Å². The summed E-state index contributed by atoms with van der Waals surface area (Å²) in [5.41, 5.74) is 0. The van der Waals surface area contributed by atoms with Gasteiger partial charge in [0.1, 0.15) is 0 Å². The summed E-state index contributed by atoms with van der Waals surface area (Å²) < 4.78 is 0. The molecule has 0 aromatic rings. The van der Waals surface area contributed by atoms with Gasteiger partial charge >= 0.3 is 0 Å². The van der Waals surface area contributed by atoms with Crippen LogP contribution in [0.15, 0.2) is 0 Å². The Morgan fingerprint density at radius 1 is 0.0282 bits per heavy atom. The van der Waals surface area contributed by atoms with Crippen molar-refractivity contribution in [1.29, 1.82) is 0 Å². The van der Waals surface area contributed by atoms with Gasteiger partial charge in [-0.15, -0.1) is 0 Å². The molecule has 0 N–H and O–H groups in total. The van der Waals surface area contributed by atoms with Crippen LogP contribution in [0.1, 0.15) is 14.9 Å². The maximum absolute atomic E-state index is 0. The molecule has 0 unspecified atom stereocenters. The molecule has 0 aliphatic rings. The Morgan fingerprint density at radius 3 is 0.0282 bits per heavy atom. The van der Waals surface area contributed by atoms with Crippen molar-refractivity contribution in [1.82, 2.24) is 0 Å². The molecule has 0 spiro atoms. The van der Waals surface area contributed by atoms with Gasteiger partial charge in [-0.1, -0.05) is 14.9 Å². The van der Waals surface area contributed by atoms with Gasteiger partial charge in [0.05, 0.1) is 0 Å². The second-order valence-electron chi connectivity index (χ2n) is 0. The molecule has 0 amide bonds. The molecule has 0 bridgehead atoms. The third-order valence-corrected chi connectivity index (χ3v) is 0. The molecule has 0 rings (SSSR count). The molecule has 0 aliphatic heterocycles. The Labute approximate surface area is 1260 Å². The van der Waals surface area contributed by atoms with E-state index < -0.39 is 0 Å². The van der Waals surface area contributed by atoms with E-state index in [9.17, 15) is 0 Å². The van der Waals surface area contributed by atoms with Gasteiger partial charge in [0.25, 0.3) is 0 Å². The van der Waals surface area contributed by atoms with Crippen LogP contribution in [-0.4, -0.2) is 0 Å². The molecule has 0 heterocycles. The van der Waals surface area contributed by atoms with Crippen LogP contribution in [0.4, 0.5) is 0 Å². The molecule has 0 fully saturated rings. The van der Waals surface area contributed by atoms with Crippen LogP contribution in [0.5, 0.6) is 0 Å². The van der Waals surface area contributed by atoms with E-state index in [4.69, 9.17) is 0 Å². The first-order valence-corrected chi connectivity index (χ1v) is 0. The van der Waals surface area contributed by atoms with Crippen LogP contribution in [0.25, 0.3) is 0 Å². The van der Waals surface area contributed by atoms with Crippen LogP contribution in [0, 0.1) is 0 Å². The predicted octanol–water partition coefficient (Wildman–Crippen LogP) is 1.10. The Balaban J connectivity index is 0. The molecular weight excluding hydrogens is 3540 g/mol. The van der Waals surface area contributed by atoms with Gasteiger partial charge in [-0.25, -0.2) is 0 Å². The second kappa shape index (κ2) is 811. The summed E-state index contributed by atoms with van der Waals surface area (Å²) >= 11 is 0. The van der Waals surface area contributed by atoms with Gasteiger partial charge in [0.2, 0.25) is 0 Å². The summed E-state index contributed by atoms with van der Waals surface area (Å²) in [4.78, 5) is 0. The van der Waals surface area contributed by atoms with Crippen molar-refractivity contribution in [2.75, 3.05) is 0 Å². The number of hydrogen-bond donors (Lipinski definition) is 0. The minimum Gasteiger partial charge on any atom is -0.0776 e. The van der Waals surface area contributed by atoms with Crippen LogP contribution < -0.4 is 0 Å². The van der Waals surface area contributed by atoms with Gasteiger partial charge in [0, 0.05) is 1280 Å². The molecular formula is C2H8V69. The van der Waals surface area contributed by atoms with E-state index in [1.807, 2.05) is 0 Å². The molecule has 0 aliphatic carbocycles. The molecule has 0 atom stereocenters. The zero-order valence-electron chi connectivity index (χ0n) is 30.9. The average Bonchev–Trinajstić information content (AvgIpc) is 0. The fourth-order valence-corrected chi connectivity index (χ4v) is 0. The van der Waals surface area contributed by atoms with Crippen molar-refractivity contribution in [3.05, 3.63) is 0 Å². The van der Waals surface area contributed by atoms with Crippen LogP contribution >= 0.6 is 0 Å². The zero-order chi connectivity index (χ0) is 0. The first-order chi connectivity index (χ1) is 0. The standard InChI is InChI=1S/2CH4.69V/h2*1H4;;;;;;;;;;;;;;;;;;;;;;;;;;;;;;;;;;;;;;;;;;;;;;;;;;;;;;;;;;;;;;;;;;;;;. The Kier molecular flexibility index (Phi) is 9520. The molecule has 0 aromatic carbocycles. The topological polar surface area (TPSA) is 0 Å². The molecule has 0 saturated heterocycles. The van der Waals surface area contributed by atoms with E-state index in [0.29, 0.717) is 0 Å². The second-order valence-corrected chi connectivity index (χ2v) is 0. The summed E-state index contributed by atoms with van der Waals surface area (Å²) in [5, 5.41) is 0. The zero-order valence-corrected chi connectivity index (χ0v) is 127. The van der Waals surface area contributed by atoms with E-state index >= 15 is 0 Å². The van der Waals surface area contributed by atoms with Crippen molar-refractivity contribution in [2.24, 2.45) is 0 Å². The van der Waals surface area contributed by atoms with E-state index in [0.717, 1.165) is 0 Å². The minimum atomic E-state index is 0. The average molecular weight is 3550 g/mol. The van der Waals surface area contributed by atoms with Gasteiger partial charge in [-0.3, -0.25) is 0 Å². The number of rotatable bonds is 0. The van der Waals surface area contributed by atoms with Crippen molar-refractivity contribution in [3.63, 3.8) is 0 Å². The van der Waals surface area contributed by atoms with Gasteiger partial charge in [0.15, 0.2) is 0 Å². The van der Waals surface area contributed by atoms with Gasteiger partial charge in [-0.2, -0.15) is 0 Å². The maximum atomic E-state index is 0. The Morgan fingerprint density at radius 2 is 0.0282 bits per heavy atom. The smallest absolute Gasteiger partial charge is 0 e. The van der Waals surface area contributed by atoms with Crippen molar-refractivity contribution in [3.8, 4) is 0 Å². The Hall–Kier alpha value is 40.3. The maximum Gasteiger partial charge on any atom is 0 e. The monoisotopic (exact) mass is 3550 g/mol. The van der Waals surface area contributed by atoms with E-state index in [-0.39, 0.29) is 1300 Å². The van der Waals surface area contributed by atoms with Crippen molar-refractivity contribution in [2.45, 2.75) is 14.9 Å². The summed E-state index contributed by atoms with van der Waals surface area (Å²) in [6.07, 6.45) is 0. The fourth-order valence-electron chi connectivity index (χ4n) is 0. The minimum absolute atomic E-state index is 0. The van der Waals surface area contributed by atoms with E-state index in [1.54, 1.807) is 0 Å². The first kappa shape index (κ1) is 833. The van der Waals surface area contributed by atoms with E-state index in [2.05, 4.69) is 0 Å². The van der Waals surface area contributed by atoms with E-state index in [1.165, 1.54) is 0 Å². The van der Waals surface area contributed by atoms with Gasteiger partial charge in [-0.05, 0) is 0 Å². The van der Waals surface area contributed by atoms with Crippen LogP contribution in [0.3, 0.4) is 0 Å². The van der Waals surface area contributed by atoms with Crippen molar-refractivity contribution < 1.29 is 1280 Å². The van der Waals surface area contributed by atoms with Gasteiger partial charge < -0.3 is 0 Å². The molecule has 0 saturated carbocycles. The van der Waals surface area contributed by atoms with Crippen LogP contribution in [0.2, 0.25) is 0 Å². The first-order valence-electron chi connectivity index (χ1n) is 0. The fraction of sp³-hybridized carbons (Fsp3) is 1.00. The summed E-state index contributed by atoms with van der Waals surface area (Å²) in [6, 6.07) is 0. The molecule has 0 aromatic heterocycles. The quantitative estimate of drug-likeness (QED) is 0.342. The summed E-state index contributed by atoms with van der Waals surface area (Å²) in [5.74, 6) is 0. The summed E-state index contributed by atoms with van der Waals surface area (Å²) in [7, 11) is 0. The summed E-state index contributed by atoms with van der Waals surface area (Å²) in [6.45, 7) is 0. The van der Waals surface area contributed by atoms with Crippen molar-refractivity contribution >= 4 is 0 Å². The third kappa shape index (κ3) is 796. The molecule has 69 radical (unpaired) electrons. The number of hydrogen-bond acceptors (Lipinski definition) is 0.